The van der Waals surface area contributed by atoms with Gasteiger partial charge in [0, 0.05) is 0 Å². The Hall–Kier alpha value is -1.07. The van der Waals surface area contributed by atoms with Gasteiger partial charge in [-0.25, -0.2) is 0 Å². The molecule has 0 aliphatic heterocycles. The molecule has 0 saturated carbocycles. The number of carbonyl (C=O) groups excluding carboxylic acids is 1. The molecule has 0 amide bonds. The van der Waals surface area contributed by atoms with Crippen molar-refractivity contribution in [1.29, 1.82) is 0 Å². The molecule has 4 nitrogen and oxygen atoms in total. The second-order valence-corrected chi connectivity index (χ2v) is 3.75. The summed E-state index contributed by atoms with van der Waals surface area (Å²) in [5.74, 6) is 0.225. The second kappa shape index (κ2) is 5.14. The average molecular weight is 274 g/mol. The van der Waals surface area contributed by atoms with Crippen LogP contribution in [0.1, 0.15) is 11.6 Å². The summed E-state index contributed by atoms with van der Waals surface area (Å²) in [5, 5.41) is 0. The van der Waals surface area contributed by atoms with Crippen LogP contribution in [0.5, 0.6) is 5.75 Å². The van der Waals surface area contributed by atoms with Crippen molar-refractivity contribution in [3.8, 4) is 5.75 Å². The zero-order valence-electron chi connectivity index (χ0n) is 8.49. The molecule has 0 aromatic heterocycles. The molecule has 1 atom stereocenters. The van der Waals surface area contributed by atoms with Gasteiger partial charge < -0.3 is 15.2 Å². The van der Waals surface area contributed by atoms with Crippen LogP contribution < -0.4 is 10.5 Å². The maximum atomic E-state index is 11.2. The van der Waals surface area contributed by atoms with Crippen LogP contribution in [0, 0.1) is 0 Å². The number of hydrogen-bond acceptors (Lipinski definition) is 4. The molecule has 0 aliphatic rings. The maximum Gasteiger partial charge on any atom is 0.327 e. The zero-order chi connectivity index (χ0) is 11.4. The Labute approximate surface area is 96.5 Å². The van der Waals surface area contributed by atoms with Crippen molar-refractivity contribution in [2.45, 2.75) is 6.04 Å². The van der Waals surface area contributed by atoms with Gasteiger partial charge in [0.25, 0.3) is 0 Å². The molecule has 82 valence electrons. The van der Waals surface area contributed by atoms with Crippen LogP contribution in [0.3, 0.4) is 0 Å². The Morgan fingerprint density at radius 3 is 2.60 bits per heavy atom. The fourth-order valence-corrected chi connectivity index (χ4v) is 1.70. The minimum absolute atomic E-state index is 0.466. The Morgan fingerprint density at radius 1 is 1.47 bits per heavy atom. The van der Waals surface area contributed by atoms with E-state index in [1.54, 1.807) is 25.3 Å². The lowest BCUT2D eigenvalue weighted by Gasteiger charge is -2.11. The summed E-state index contributed by atoms with van der Waals surface area (Å²) in [4.78, 5) is 11.2. The third-order valence-corrected chi connectivity index (χ3v) is 2.61. The molecule has 0 aliphatic carbocycles. The van der Waals surface area contributed by atoms with Gasteiger partial charge in [-0.2, -0.15) is 0 Å². The lowest BCUT2D eigenvalue weighted by atomic mass is 10.1. The molecule has 0 bridgehead atoms. The molecule has 0 radical (unpaired) electrons. The van der Waals surface area contributed by atoms with E-state index in [0.29, 0.717) is 11.3 Å². The molecule has 0 fully saturated rings. The minimum atomic E-state index is -0.766. The molecule has 1 rings (SSSR count). The highest BCUT2D eigenvalue weighted by molar-refractivity contribution is 9.10. The summed E-state index contributed by atoms with van der Waals surface area (Å²) in [6, 6.07) is 4.44. The van der Waals surface area contributed by atoms with E-state index in [1.165, 1.54) is 7.11 Å². The number of hydrogen-bond donors (Lipinski definition) is 1. The predicted molar refractivity (Wildman–Crippen MR) is 59.6 cm³/mol. The quantitative estimate of drug-likeness (QED) is 0.851. The number of halogens is 1. The molecule has 5 heteroatoms. The van der Waals surface area contributed by atoms with Crippen molar-refractivity contribution in [2.75, 3.05) is 14.2 Å². The molecule has 15 heavy (non-hydrogen) atoms. The van der Waals surface area contributed by atoms with Gasteiger partial charge in [0.1, 0.15) is 11.8 Å². The van der Waals surface area contributed by atoms with E-state index in [2.05, 4.69) is 20.7 Å². The van der Waals surface area contributed by atoms with Gasteiger partial charge in [0.2, 0.25) is 0 Å². The zero-order valence-corrected chi connectivity index (χ0v) is 10.1. The normalized spacial score (nSPS) is 12.0. The van der Waals surface area contributed by atoms with Gasteiger partial charge in [-0.15, -0.1) is 0 Å². The van der Waals surface area contributed by atoms with Crippen molar-refractivity contribution in [2.24, 2.45) is 5.73 Å². The van der Waals surface area contributed by atoms with E-state index < -0.39 is 12.0 Å². The third-order valence-electron chi connectivity index (χ3n) is 1.99. The Balaban J connectivity index is 2.97. The first kappa shape index (κ1) is 12.0. The number of benzene rings is 1. The first-order chi connectivity index (χ1) is 7.10. The van der Waals surface area contributed by atoms with Crippen molar-refractivity contribution < 1.29 is 14.3 Å². The Morgan fingerprint density at radius 2 is 2.13 bits per heavy atom. The summed E-state index contributed by atoms with van der Waals surface area (Å²) >= 11 is 3.31. The second-order valence-electron chi connectivity index (χ2n) is 2.89. The van der Waals surface area contributed by atoms with Gasteiger partial charge in [-0.05, 0) is 33.6 Å². The van der Waals surface area contributed by atoms with E-state index in [-0.39, 0.29) is 0 Å². The van der Waals surface area contributed by atoms with E-state index in [1.807, 2.05) is 0 Å². The first-order valence-electron chi connectivity index (χ1n) is 4.27. The van der Waals surface area contributed by atoms with Crippen LogP contribution in [-0.2, 0) is 9.53 Å². The predicted octanol–water partition coefficient (Wildman–Crippen LogP) is 1.63. The largest absolute Gasteiger partial charge is 0.496 e. The molecular formula is C10H12BrNO3. The summed E-state index contributed by atoms with van der Waals surface area (Å²) in [6.45, 7) is 0. The Kier molecular flexibility index (Phi) is 4.11. The molecule has 0 heterocycles. The topological polar surface area (TPSA) is 61.5 Å². The van der Waals surface area contributed by atoms with Crippen LogP contribution in [0.2, 0.25) is 0 Å². The highest BCUT2D eigenvalue weighted by atomic mass is 79.9. The van der Waals surface area contributed by atoms with Gasteiger partial charge in [0.15, 0.2) is 0 Å². The number of ether oxygens (including phenoxy) is 2. The van der Waals surface area contributed by atoms with Crippen LogP contribution >= 0.6 is 15.9 Å². The Bertz CT molecular complexity index is 368. The fraction of sp³-hybridized carbons (Fsp3) is 0.300. The third kappa shape index (κ3) is 2.70. The van der Waals surface area contributed by atoms with E-state index in [4.69, 9.17) is 10.5 Å². The summed E-state index contributed by atoms with van der Waals surface area (Å²) in [6.07, 6.45) is 0. The van der Waals surface area contributed by atoms with E-state index >= 15 is 0 Å². The molecule has 0 spiro atoms. The van der Waals surface area contributed by atoms with Crippen LogP contribution in [0.4, 0.5) is 0 Å². The SMILES string of the molecule is COC(=O)C(N)c1ccc(OC)c(Br)c1. The highest BCUT2D eigenvalue weighted by Gasteiger charge is 2.17. The monoisotopic (exact) mass is 273 g/mol. The van der Waals surface area contributed by atoms with E-state index in [9.17, 15) is 4.79 Å². The van der Waals surface area contributed by atoms with Gasteiger partial charge >= 0.3 is 5.97 Å². The lowest BCUT2D eigenvalue weighted by molar-refractivity contribution is -0.142. The fourth-order valence-electron chi connectivity index (χ4n) is 1.14. The van der Waals surface area contributed by atoms with Crippen molar-refractivity contribution in [3.63, 3.8) is 0 Å². The van der Waals surface area contributed by atoms with Crippen LogP contribution in [-0.4, -0.2) is 20.2 Å². The number of rotatable bonds is 3. The summed E-state index contributed by atoms with van der Waals surface area (Å²) < 4.78 is 10.4. The number of carbonyl (C=O) groups is 1. The van der Waals surface area contributed by atoms with Crippen LogP contribution in [0.15, 0.2) is 22.7 Å². The van der Waals surface area contributed by atoms with Crippen LogP contribution in [0.25, 0.3) is 0 Å². The molecule has 1 aromatic carbocycles. The molecule has 2 N–H and O–H groups in total. The van der Waals surface area contributed by atoms with Gasteiger partial charge in [0.05, 0.1) is 18.7 Å². The standard InChI is InChI=1S/C10H12BrNO3/c1-14-8-4-3-6(5-7(8)11)9(12)10(13)15-2/h3-5,9H,12H2,1-2H3. The maximum absolute atomic E-state index is 11.2. The van der Waals surface area contributed by atoms with Gasteiger partial charge in [-0.3, -0.25) is 4.79 Å². The molecule has 1 aromatic rings. The first-order valence-corrected chi connectivity index (χ1v) is 5.06. The smallest absolute Gasteiger partial charge is 0.327 e. The van der Waals surface area contributed by atoms with Crippen molar-refractivity contribution in [1.82, 2.24) is 0 Å². The van der Waals surface area contributed by atoms with E-state index in [0.717, 1.165) is 4.47 Å². The summed E-state index contributed by atoms with van der Waals surface area (Å²) in [5.41, 5.74) is 6.35. The molecule has 1 unspecified atom stereocenters. The number of esters is 1. The molecular weight excluding hydrogens is 262 g/mol. The minimum Gasteiger partial charge on any atom is -0.496 e. The van der Waals surface area contributed by atoms with Crippen molar-refractivity contribution in [3.05, 3.63) is 28.2 Å². The lowest BCUT2D eigenvalue weighted by Crippen LogP contribution is -2.22. The highest BCUT2D eigenvalue weighted by Crippen LogP contribution is 2.27. The van der Waals surface area contributed by atoms with Gasteiger partial charge in [-0.1, -0.05) is 6.07 Å². The average Bonchev–Trinajstić information content (AvgIpc) is 2.26. The summed E-state index contributed by atoms with van der Waals surface area (Å²) in [7, 11) is 2.88. The number of methoxy groups -OCH3 is 2. The van der Waals surface area contributed by atoms with Crippen molar-refractivity contribution >= 4 is 21.9 Å². The number of nitrogens with two attached hydrogens (primary N) is 1. The molecule has 0 saturated heterocycles.